The van der Waals surface area contributed by atoms with E-state index in [2.05, 4.69) is 6.58 Å². The summed E-state index contributed by atoms with van der Waals surface area (Å²) < 4.78 is 0. The molecule has 130 valence electrons. The average Bonchev–Trinajstić information content (AvgIpc) is 2.93. The smallest absolute Gasteiger partial charge is 0.256 e. The van der Waals surface area contributed by atoms with Crippen molar-refractivity contribution in [2.24, 2.45) is 0 Å². The molecule has 2 aromatic carbocycles. The minimum atomic E-state index is -0.224. The van der Waals surface area contributed by atoms with Crippen molar-refractivity contribution in [3.05, 3.63) is 59.2 Å². The first-order valence-electron chi connectivity index (χ1n) is 8.02. The maximum atomic E-state index is 12.7. The molecule has 0 saturated carbocycles. The molecule has 0 unspecified atom stereocenters. The lowest BCUT2D eigenvalue weighted by Gasteiger charge is -2.14. The zero-order valence-corrected chi connectivity index (χ0v) is 14.4. The second-order valence-corrected chi connectivity index (χ2v) is 6.29. The van der Waals surface area contributed by atoms with Crippen molar-refractivity contribution in [2.75, 3.05) is 18.0 Å². The highest BCUT2D eigenvalue weighted by Crippen LogP contribution is 2.37. The zero-order chi connectivity index (χ0) is 19.0. The van der Waals surface area contributed by atoms with Crippen molar-refractivity contribution in [3.63, 3.8) is 0 Å². The van der Waals surface area contributed by atoms with Gasteiger partial charge in [0.25, 0.3) is 5.91 Å². The molecule has 4 N–H and O–H groups in total. The van der Waals surface area contributed by atoms with Crippen LogP contribution >= 0.6 is 0 Å². The van der Waals surface area contributed by atoms with Crippen LogP contribution in [0.3, 0.4) is 0 Å². The Morgan fingerprint density at radius 2 is 1.96 bits per heavy atom. The molecule has 0 aromatic heterocycles. The van der Waals surface area contributed by atoms with Crippen molar-refractivity contribution < 1.29 is 9.59 Å². The summed E-state index contributed by atoms with van der Waals surface area (Å²) in [6.07, 6.45) is 0. The molecule has 1 amide bonds. The lowest BCUT2D eigenvalue weighted by Crippen LogP contribution is -2.26. The Balaban J connectivity index is 2.11. The zero-order valence-electron chi connectivity index (χ0n) is 14.4. The van der Waals surface area contributed by atoms with Crippen LogP contribution in [-0.4, -0.2) is 23.1 Å². The molecular weight excluding hydrogens is 328 g/mol. The van der Waals surface area contributed by atoms with Crippen molar-refractivity contribution in [2.45, 2.75) is 13.5 Å². The third-order valence-corrected chi connectivity index (χ3v) is 4.48. The quantitative estimate of drug-likeness (QED) is 0.502. The maximum absolute atomic E-state index is 12.7. The van der Waals surface area contributed by atoms with Gasteiger partial charge in [-0.25, -0.2) is 0 Å². The van der Waals surface area contributed by atoms with Gasteiger partial charge in [0.05, 0.1) is 18.2 Å². The molecule has 26 heavy (non-hydrogen) atoms. The van der Waals surface area contributed by atoms with E-state index in [0.717, 1.165) is 16.7 Å². The van der Waals surface area contributed by atoms with Gasteiger partial charge in [-0.1, -0.05) is 18.7 Å². The van der Waals surface area contributed by atoms with E-state index in [-0.39, 0.29) is 18.2 Å². The molecule has 0 radical (unpaired) electrons. The molecule has 0 saturated heterocycles. The van der Waals surface area contributed by atoms with Crippen LogP contribution < -0.4 is 11.5 Å². The Morgan fingerprint density at radius 3 is 2.62 bits per heavy atom. The fraction of sp³-hybridized carbons (Fsp3) is 0.150. The second-order valence-electron chi connectivity index (χ2n) is 6.29. The Bertz CT molecular complexity index is 1000. The Morgan fingerprint density at radius 1 is 1.27 bits per heavy atom. The molecule has 3 rings (SSSR count). The molecule has 6 nitrogen and oxygen atoms in total. The first-order valence-corrected chi connectivity index (χ1v) is 8.02. The Kier molecular flexibility index (Phi) is 4.23. The SMILES string of the molecule is C=C(C#N)CN1Cc2c(-c3ccc(N)c(C(C)=O)c3)ccc(N)c2C1=O. The number of ketones is 1. The van der Waals surface area contributed by atoms with Gasteiger partial charge < -0.3 is 16.4 Å². The van der Waals surface area contributed by atoms with Crippen molar-refractivity contribution in [3.8, 4) is 17.2 Å². The predicted octanol–water partition coefficient (Wildman–Crippen LogP) is 2.76. The van der Waals surface area contributed by atoms with Crippen LogP contribution in [0.15, 0.2) is 42.5 Å². The summed E-state index contributed by atoms with van der Waals surface area (Å²) in [5, 5.41) is 8.94. The van der Waals surface area contributed by atoms with E-state index >= 15 is 0 Å². The summed E-state index contributed by atoms with van der Waals surface area (Å²) in [5.74, 6) is -0.350. The summed E-state index contributed by atoms with van der Waals surface area (Å²) in [4.78, 5) is 26.0. The molecule has 1 aliphatic rings. The fourth-order valence-corrected chi connectivity index (χ4v) is 3.20. The standard InChI is InChI=1S/C20H18N4O2/c1-11(8-21)9-24-10-16-14(4-6-18(23)19(16)20(24)26)13-3-5-17(22)15(7-13)12(2)25/h3-7H,1,9-10,22-23H2,2H3. The lowest BCUT2D eigenvalue weighted by molar-refractivity contribution is 0.0794. The van der Waals surface area contributed by atoms with E-state index in [9.17, 15) is 9.59 Å². The van der Waals surface area contributed by atoms with Crippen LogP contribution in [0.4, 0.5) is 11.4 Å². The number of benzene rings is 2. The van der Waals surface area contributed by atoms with Gasteiger partial charge in [0.1, 0.15) is 0 Å². The van der Waals surface area contributed by atoms with Crippen molar-refractivity contribution >= 4 is 23.1 Å². The Labute approximate surface area is 151 Å². The van der Waals surface area contributed by atoms with Gasteiger partial charge in [0.2, 0.25) is 0 Å². The average molecular weight is 346 g/mol. The number of nitrogens with zero attached hydrogens (tertiary/aromatic N) is 2. The van der Waals surface area contributed by atoms with Gasteiger partial charge >= 0.3 is 0 Å². The number of nitrogens with two attached hydrogens (primary N) is 2. The molecule has 6 heteroatoms. The van der Waals surface area contributed by atoms with Gasteiger partial charge in [0.15, 0.2) is 5.78 Å². The first-order chi connectivity index (χ1) is 12.3. The van der Waals surface area contributed by atoms with Crippen molar-refractivity contribution in [1.82, 2.24) is 4.90 Å². The van der Waals surface area contributed by atoms with Crippen LogP contribution in [-0.2, 0) is 6.54 Å². The summed E-state index contributed by atoms with van der Waals surface area (Å²) in [6.45, 7) is 5.58. The van der Waals surface area contributed by atoms with Crippen LogP contribution in [0.5, 0.6) is 0 Å². The predicted molar refractivity (Wildman–Crippen MR) is 100 cm³/mol. The first kappa shape index (κ1) is 17.2. The number of Topliss-reactive ketones (excluding diaryl/α,β-unsaturated/α-hetero) is 1. The number of fused-ring (bicyclic) bond motifs is 1. The van der Waals surface area contributed by atoms with Crippen LogP contribution in [0.2, 0.25) is 0 Å². The fourth-order valence-electron chi connectivity index (χ4n) is 3.20. The molecule has 1 heterocycles. The molecule has 2 aromatic rings. The number of nitrogen functional groups attached to an aromatic ring is 2. The summed E-state index contributed by atoms with van der Waals surface area (Å²) in [5.41, 5.74) is 16.3. The number of anilines is 2. The number of hydrogen-bond acceptors (Lipinski definition) is 5. The molecule has 0 atom stereocenters. The molecule has 0 bridgehead atoms. The second kappa shape index (κ2) is 6.37. The minimum Gasteiger partial charge on any atom is -0.398 e. The minimum absolute atomic E-state index is 0.125. The highest BCUT2D eigenvalue weighted by Gasteiger charge is 2.32. The van der Waals surface area contributed by atoms with E-state index in [1.165, 1.54) is 6.92 Å². The van der Waals surface area contributed by atoms with E-state index in [1.54, 1.807) is 23.1 Å². The molecule has 0 aliphatic carbocycles. The number of amides is 1. The monoisotopic (exact) mass is 346 g/mol. The van der Waals surface area contributed by atoms with Gasteiger partial charge in [-0.05, 0) is 41.8 Å². The van der Waals surface area contributed by atoms with Crippen LogP contribution in [0, 0.1) is 11.3 Å². The van der Waals surface area contributed by atoms with Gasteiger partial charge in [-0.15, -0.1) is 0 Å². The number of rotatable bonds is 4. The summed E-state index contributed by atoms with van der Waals surface area (Å²) in [7, 11) is 0. The molecule has 1 aliphatic heterocycles. The van der Waals surface area contributed by atoms with Gasteiger partial charge in [-0.3, -0.25) is 9.59 Å². The normalized spacial score (nSPS) is 12.6. The van der Waals surface area contributed by atoms with Gasteiger partial charge in [0, 0.05) is 29.1 Å². The number of carbonyl (C=O) groups is 2. The molecule has 0 fully saturated rings. The van der Waals surface area contributed by atoms with E-state index in [0.29, 0.717) is 34.6 Å². The van der Waals surface area contributed by atoms with Crippen molar-refractivity contribution in [1.29, 1.82) is 5.26 Å². The number of nitriles is 1. The van der Waals surface area contributed by atoms with E-state index in [1.807, 2.05) is 18.2 Å². The number of hydrogen-bond donors (Lipinski definition) is 2. The summed E-state index contributed by atoms with van der Waals surface area (Å²) >= 11 is 0. The van der Waals surface area contributed by atoms with E-state index < -0.39 is 0 Å². The van der Waals surface area contributed by atoms with Crippen LogP contribution in [0.1, 0.15) is 33.2 Å². The lowest BCUT2D eigenvalue weighted by atomic mass is 9.93. The maximum Gasteiger partial charge on any atom is 0.256 e. The largest absolute Gasteiger partial charge is 0.398 e. The molecular formula is C20H18N4O2. The topological polar surface area (TPSA) is 113 Å². The van der Waals surface area contributed by atoms with Gasteiger partial charge in [-0.2, -0.15) is 5.26 Å². The summed E-state index contributed by atoms with van der Waals surface area (Å²) in [6, 6.07) is 10.7. The number of carbonyl (C=O) groups excluding carboxylic acids is 2. The third kappa shape index (κ3) is 2.80. The highest BCUT2D eigenvalue weighted by molar-refractivity contribution is 6.06. The van der Waals surface area contributed by atoms with E-state index in [4.69, 9.17) is 16.7 Å². The Hall–Kier alpha value is -3.59. The van der Waals surface area contributed by atoms with Crippen LogP contribution in [0.25, 0.3) is 11.1 Å². The third-order valence-electron chi connectivity index (χ3n) is 4.48. The molecule has 0 spiro atoms. The highest BCUT2D eigenvalue weighted by atomic mass is 16.2.